The third kappa shape index (κ3) is 6.63. The third-order valence-corrected chi connectivity index (χ3v) is 3.29. The predicted octanol–water partition coefficient (Wildman–Crippen LogP) is 4.04. The first-order chi connectivity index (χ1) is 9.77. The lowest BCUT2D eigenvalue weighted by Gasteiger charge is -2.08. The average Bonchev–Trinajstić information content (AvgIpc) is 2.45. The lowest BCUT2D eigenvalue weighted by molar-refractivity contribution is 0.304. The zero-order chi connectivity index (χ0) is 14.6. The topological polar surface area (TPSA) is 35.2 Å². The van der Waals surface area contributed by atoms with Crippen LogP contribution in [0.5, 0.6) is 5.75 Å². The highest BCUT2D eigenvalue weighted by Gasteiger charge is 1.99. The molecule has 0 aliphatic heterocycles. The Morgan fingerprint density at radius 1 is 1.10 bits per heavy atom. The van der Waals surface area contributed by atoms with Crippen molar-refractivity contribution in [2.75, 3.05) is 13.2 Å². The molecule has 0 fully saturated rings. The van der Waals surface area contributed by atoms with Gasteiger partial charge in [-0.2, -0.15) is 0 Å². The Bertz CT molecular complexity index is 442. The summed E-state index contributed by atoms with van der Waals surface area (Å²) in [4.78, 5) is 0. The number of nitrogens with two attached hydrogens (primary N) is 1. The van der Waals surface area contributed by atoms with Crippen molar-refractivity contribution >= 4 is 0 Å². The summed E-state index contributed by atoms with van der Waals surface area (Å²) < 4.78 is 5.78. The summed E-state index contributed by atoms with van der Waals surface area (Å²) in [5.41, 5.74) is 7.56. The average molecular weight is 273 g/mol. The van der Waals surface area contributed by atoms with Gasteiger partial charge in [-0.25, -0.2) is 0 Å². The van der Waals surface area contributed by atoms with Crippen LogP contribution >= 0.6 is 0 Å². The van der Waals surface area contributed by atoms with Crippen LogP contribution in [0.4, 0.5) is 0 Å². The van der Waals surface area contributed by atoms with Gasteiger partial charge in [0.2, 0.25) is 0 Å². The van der Waals surface area contributed by atoms with Crippen molar-refractivity contribution < 1.29 is 4.74 Å². The zero-order valence-corrected chi connectivity index (χ0v) is 12.9. The fourth-order valence-corrected chi connectivity index (χ4v) is 2.08. The van der Waals surface area contributed by atoms with Crippen LogP contribution in [0.2, 0.25) is 0 Å². The van der Waals surface area contributed by atoms with E-state index in [0.717, 1.165) is 29.9 Å². The summed E-state index contributed by atoms with van der Waals surface area (Å²) in [6, 6.07) is 6.05. The molecule has 0 atom stereocenters. The Labute approximate surface area is 123 Å². The van der Waals surface area contributed by atoms with Gasteiger partial charge in [-0.1, -0.05) is 50.9 Å². The Morgan fingerprint density at radius 2 is 1.85 bits per heavy atom. The highest BCUT2D eigenvalue weighted by atomic mass is 16.5. The Balaban J connectivity index is 2.29. The molecule has 0 bridgehead atoms. The summed E-state index contributed by atoms with van der Waals surface area (Å²) >= 11 is 0. The fourth-order valence-electron chi connectivity index (χ4n) is 2.08. The van der Waals surface area contributed by atoms with Gasteiger partial charge >= 0.3 is 0 Å². The second-order valence-electron chi connectivity index (χ2n) is 5.10. The number of ether oxygens (including phenoxy) is 1. The van der Waals surface area contributed by atoms with Crippen molar-refractivity contribution in [3.8, 4) is 17.6 Å². The van der Waals surface area contributed by atoms with Crippen LogP contribution in [0.1, 0.15) is 56.6 Å². The highest BCUT2D eigenvalue weighted by Crippen LogP contribution is 2.17. The molecule has 1 aromatic carbocycles. The lowest BCUT2D eigenvalue weighted by Crippen LogP contribution is -1.98. The van der Waals surface area contributed by atoms with Crippen LogP contribution in [0.15, 0.2) is 18.2 Å². The highest BCUT2D eigenvalue weighted by molar-refractivity contribution is 5.44. The van der Waals surface area contributed by atoms with Gasteiger partial charge in [0.25, 0.3) is 0 Å². The second kappa shape index (κ2) is 10.3. The van der Waals surface area contributed by atoms with Gasteiger partial charge in [-0.05, 0) is 37.1 Å². The van der Waals surface area contributed by atoms with E-state index in [0.29, 0.717) is 6.54 Å². The molecule has 2 nitrogen and oxygen atoms in total. The maximum absolute atomic E-state index is 5.78. The summed E-state index contributed by atoms with van der Waals surface area (Å²) in [6.45, 7) is 5.50. The minimum Gasteiger partial charge on any atom is -0.494 e. The van der Waals surface area contributed by atoms with E-state index >= 15 is 0 Å². The van der Waals surface area contributed by atoms with Crippen LogP contribution in [0.25, 0.3) is 0 Å². The van der Waals surface area contributed by atoms with E-state index in [1.165, 1.54) is 32.1 Å². The Morgan fingerprint density at radius 3 is 2.55 bits per heavy atom. The molecular weight excluding hydrogens is 246 g/mol. The van der Waals surface area contributed by atoms with E-state index in [-0.39, 0.29) is 0 Å². The fraction of sp³-hybridized carbons (Fsp3) is 0.556. The Kier molecular flexibility index (Phi) is 8.58. The molecule has 0 aliphatic rings. The van der Waals surface area contributed by atoms with E-state index in [4.69, 9.17) is 10.5 Å². The standard InChI is InChI=1S/C18H27NO/c1-3-4-5-6-7-8-14-20-18-12-11-17(10-9-13-19)16(2)15-18/h11-12,15H,3-8,13-14,19H2,1-2H3. The maximum atomic E-state index is 5.78. The van der Waals surface area contributed by atoms with Crippen molar-refractivity contribution in [2.45, 2.75) is 52.4 Å². The molecule has 0 heterocycles. The molecule has 0 unspecified atom stereocenters. The largest absolute Gasteiger partial charge is 0.494 e. The predicted molar refractivity (Wildman–Crippen MR) is 86.0 cm³/mol. The lowest BCUT2D eigenvalue weighted by atomic mass is 10.1. The molecule has 0 saturated carbocycles. The van der Waals surface area contributed by atoms with E-state index in [9.17, 15) is 0 Å². The van der Waals surface area contributed by atoms with Crippen molar-refractivity contribution in [2.24, 2.45) is 5.73 Å². The molecule has 2 heteroatoms. The molecule has 0 aromatic heterocycles. The monoisotopic (exact) mass is 273 g/mol. The van der Waals surface area contributed by atoms with Gasteiger partial charge in [-0.15, -0.1) is 0 Å². The maximum Gasteiger partial charge on any atom is 0.119 e. The second-order valence-corrected chi connectivity index (χ2v) is 5.10. The first-order valence-electron chi connectivity index (χ1n) is 7.70. The molecular formula is C18H27NO. The minimum atomic E-state index is 0.399. The van der Waals surface area contributed by atoms with Gasteiger partial charge in [0.15, 0.2) is 0 Å². The molecule has 0 aliphatic carbocycles. The summed E-state index contributed by atoms with van der Waals surface area (Å²) in [7, 11) is 0. The van der Waals surface area contributed by atoms with E-state index in [2.05, 4.69) is 31.8 Å². The molecule has 20 heavy (non-hydrogen) atoms. The van der Waals surface area contributed by atoms with Gasteiger partial charge in [0.1, 0.15) is 5.75 Å². The van der Waals surface area contributed by atoms with Crippen LogP contribution in [-0.4, -0.2) is 13.2 Å². The van der Waals surface area contributed by atoms with Gasteiger partial charge in [0, 0.05) is 5.56 Å². The third-order valence-electron chi connectivity index (χ3n) is 3.29. The van der Waals surface area contributed by atoms with Gasteiger partial charge in [-0.3, -0.25) is 0 Å². The number of benzene rings is 1. The van der Waals surface area contributed by atoms with Crippen molar-refractivity contribution in [3.63, 3.8) is 0 Å². The SMILES string of the molecule is CCCCCCCCOc1ccc(C#CCN)c(C)c1. The number of hydrogen-bond acceptors (Lipinski definition) is 2. The van der Waals surface area contributed by atoms with Crippen LogP contribution in [0, 0.1) is 18.8 Å². The van der Waals surface area contributed by atoms with Crippen molar-refractivity contribution in [3.05, 3.63) is 29.3 Å². The first kappa shape index (κ1) is 16.6. The molecule has 1 rings (SSSR count). The van der Waals surface area contributed by atoms with E-state index < -0.39 is 0 Å². The molecule has 0 amide bonds. The van der Waals surface area contributed by atoms with Crippen LogP contribution in [-0.2, 0) is 0 Å². The summed E-state index contributed by atoms with van der Waals surface area (Å²) in [6.07, 6.45) is 7.73. The summed E-state index contributed by atoms with van der Waals surface area (Å²) in [5.74, 6) is 6.88. The molecule has 0 saturated heterocycles. The molecule has 0 spiro atoms. The Hall–Kier alpha value is -1.46. The number of rotatable bonds is 8. The van der Waals surface area contributed by atoms with Gasteiger partial charge in [0.05, 0.1) is 13.2 Å². The van der Waals surface area contributed by atoms with E-state index in [1.54, 1.807) is 0 Å². The number of unbranched alkanes of at least 4 members (excludes halogenated alkanes) is 5. The first-order valence-corrected chi connectivity index (χ1v) is 7.70. The van der Waals surface area contributed by atoms with Crippen LogP contribution < -0.4 is 10.5 Å². The molecule has 2 N–H and O–H groups in total. The summed E-state index contributed by atoms with van der Waals surface area (Å²) in [5, 5.41) is 0. The number of hydrogen-bond donors (Lipinski definition) is 1. The van der Waals surface area contributed by atoms with Crippen LogP contribution in [0.3, 0.4) is 0 Å². The smallest absolute Gasteiger partial charge is 0.119 e. The quantitative estimate of drug-likeness (QED) is 0.573. The van der Waals surface area contributed by atoms with Gasteiger partial charge < -0.3 is 10.5 Å². The molecule has 1 aromatic rings. The normalized spacial score (nSPS) is 9.95. The minimum absolute atomic E-state index is 0.399. The molecule has 110 valence electrons. The zero-order valence-electron chi connectivity index (χ0n) is 12.9. The van der Waals surface area contributed by atoms with E-state index in [1.807, 2.05) is 12.1 Å². The van der Waals surface area contributed by atoms with Crippen molar-refractivity contribution in [1.29, 1.82) is 0 Å². The number of aryl methyl sites for hydroxylation is 1. The van der Waals surface area contributed by atoms with Crippen molar-refractivity contribution in [1.82, 2.24) is 0 Å². The molecule has 0 radical (unpaired) electrons.